The smallest absolute Gasteiger partial charge is 0.160 e. The predicted octanol–water partition coefficient (Wildman–Crippen LogP) is 12.3. The van der Waals surface area contributed by atoms with Crippen molar-refractivity contribution in [2.24, 2.45) is 0 Å². The van der Waals surface area contributed by atoms with Crippen molar-refractivity contribution in [3.63, 3.8) is 0 Å². The highest BCUT2D eigenvalue weighted by Crippen LogP contribution is 2.61. The van der Waals surface area contributed by atoms with E-state index in [0.717, 1.165) is 56.3 Å². The van der Waals surface area contributed by atoms with Crippen LogP contribution in [0.1, 0.15) is 47.2 Å². The molecular weight excluding hydrogens is 645 g/mol. The molecule has 0 saturated heterocycles. The van der Waals surface area contributed by atoms with Crippen LogP contribution in [0.5, 0.6) is 11.5 Å². The first-order valence-corrected chi connectivity index (χ1v) is 18.2. The topological polar surface area (TPSA) is 35.0 Å². The fraction of sp³-hybridized carbons (Fsp3) is 0.0800. The Balaban J connectivity index is 1.23. The number of para-hydroxylation sites is 1. The van der Waals surface area contributed by atoms with E-state index in [2.05, 4.69) is 184 Å². The summed E-state index contributed by atoms with van der Waals surface area (Å²) in [5.74, 6) is 2.38. The van der Waals surface area contributed by atoms with Gasteiger partial charge in [0.15, 0.2) is 5.82 Å². The third-order valence-electron chi connectivity index (χ3n) is 11.2. The zero-order valence-electron chi connectivity index (χ0n) is 29.6. The number of fused-ring (bicyclic) bond motifs is 8. The summed E-state index contributed by atoms with van der Waals surface area (Å²) in [6.07, 6.45) is 0. The monoisotopic (exact) mass is 680 g/mol. The quantitative estimate of drug-likeness (QED) is 0.186. The van der Waals surface area contributed by atoms with Gasteiger partial charge in [-0.05, 0) is 69.8 Å². The number of hydrogen-bond acceptors (Lipinski definition) is 3. The minimum absolute atomic E-state index is 0.195. The van der Waals surface area contributed by atoms with Crippen LogP contribution >= 0.6 is 0 Å². The summed E-state index contributed by atoms with van der Waals surface area (Å²) >= 11 is 0. The van der Waals surface area contributed by atoms with Crippen LogP contribution in [0.25, 0.3) is 45.0 Å². The molecule has 2 aliphatic rings. The van der Waals surface area contributed by atoms with Crippen molar-refractivity contribution >= 4 is 0 Å². The lowest BCUT2D eigenvalue weighted by molar-refractivity contribution is 0.425. The summed E-state index contributed by atoms with van der Waals surface area (Å²) in [4.78, 5) is 10.6. The Labute approximate surface area is 310 Å². The lowest BCUT2D eigenvalue weighted by Crippen LogP contribution is -2.43. The van der Waals surface area contributed by atoms with E-state index in [9.17, 15) is 0 Å². The maximum Gasteiger partial charge on any atom is 0.160 e. The molecule has 10 rings (SSSR count). The second kappa shape index (κ2) is 12.0. The molecule has 1 aliphatic heterocycles. The Morgan fingerprint density at radius 1 is 0.358 bits per heavy atom. The highest BCUT2D eigenvalue weighted by atomic mass is 16.5. The second-order valence-electron chi connectivity index (χ2n) is 14.6. The van der Waals surface area contributed by atoms with Crippen LogP contribution in [-0.2, 0) is 10.8 Å². The largest absolute Gasteiger partial charge is 0.457 e. The number of aromatic nitrogens is 2. The molecule has 0 amide bonds. The molecule has 1 aromatic heterocycles. The lowest BCUT2D eigenvalue weighted by Gasteiger charge is -2.50. The first-order chi connectivity index (χ1) is 26.0. The zero-order valence-corrected chi connectivity index (χ0v) is 29.6. The van der Waals surface area contributed by atoms with Crippen molar-refractivity contribution in [2.75, 3.05) is 0 Å². The van der Waals surface area contributed by atoms with E-state index in [1.165, 1.54) is 27.8 Å². The fourth-order valence-electron chi connectivity index (χ4n) is 8.73. The normalized spacial score (nSPS) is 14.3. The third kappa shape index (κ3) is 4.81. The van der Waals surface area contributed by atoms with E-state index in [4.69, 9.17) is 14.7 Å². The minimum Gasteiger partial charge on any atom is -0.457 e. The van der Waals surface area contributed by atoms with Crippen molar-refractivity contribution < 1.29 is 4.74 Å². The predicted molar refractivity (Wildman–Crippen MR) is 214 cm³/mol. The molecule has 7 aromatic carbocycles. The molecule has 0 bridgehead atoms. The zero-order chi connectivity index (χ0) is 35.6. The molecule has 0 unspecified atom stereocenters. The Morgan fingerprint density at radius 2 is 0.868 bits per heavy atom. The molecule has 1 aliphatic carbocycles. The molecule has 3 heteroatoms. The van der Waals surface area contributed by atoms with Gasteiger partial charge in [0.1, 0.15) is 11.5 Å². The minimum atomic E-state index is -0.618. The molecule has 2 heterocycles. The highest BCUT2D eigenvalue weighted by Gasteiger charge is 2.52. The maximum atomic E-state index is 6.78. The molecule has 3 nitrogen and oxygen atoms in total. The number of ether oxygens (including phenoxy) is 1. The molecule has 1 spiro atoms. The van der Waals surface area contributed by atoms with Crippen molar-refractivity contribution in [2.45, 2.75) is 24.7 Å². The fourth-order valence-corrected chi connectivity index (χ4v) is 8.73. The lowest BCUT2D eigenvalue weighted by atomic mass is 9.53. The summed E-state index contributed by atoms with van der Waals surface area (Å²) in [6, 6.07) is 64.6. The van der Waals surface area contributed by atoms with Gasteiger partial charge in [0, 0.05) is 33.2 Å². The SMILES string of the molecule is CC1(C)c2ccccc2C2(c3ccccc3Oc3ccc(-c4nc(-c5ccccc5)cc(-c5cccc(-c6ccccc6)c5)n4)cc32)c2ccccc21. The maximum absolute atomic E-state index is 6.78. The van der Waals surface area contributed by atoms with Gasteiger partial charge in [0.25, 0.3) is 0 Å². The van der Waals surface area contributed by atoms with Crippen molar-refractivity contribution in [3.8, 4) is 56.5 Å². The van der Waals surface area contributed by atoms with Crippen molar-refractivity contribution in [3.05, 3.63) is 215 Å². The first kappa shape index (κ1) is 31.2. The van der Waals surface area contributed by atoms with E-state index in [0.29, 0.717) is 5.82 Å². The molecule has 8 aromatic rings. The molecule has 0 N–H and O–H groups in total. The van der Waals surface area contributed by atoms with Crippen LogP contribution in [-0.4, -0.2) is 9.97 Å². The van der Waals surface area contributed by atoms with Crippen LogP contribution < -0.4 is 4.74 Å². The number of benzene rings is 7. The number of hydrogen-bond donors (Lipinski definition) is 0. The summed E-state index contributed by atoms with van der Waals surface area (Å²) < 4.78 is 6.78. The van der Waals surface area contributed by atoms with Gasteiger partial charge in [-0.15, -0.1) is 0 Å². The van der Waals surface area contributed by atoms with E-state index in [-0.39, 0.29) is 5.41 Å². The molecule has 0 atom stereocenters. The van der Waals surface area contributed by atoms with Gasteiger partial charge in [-0.1, -0.05) is 159 Å². The van der Waals surface area contributed by atoms with Gasteiger partial charge in [-0.3, -0.25) is 0 Å². The molecule has 0 radical (unpaired) electrons. The van der Waals surface area contributed by atoms with Crippen molar-refractivity contribution in [1.82, 2.24) is 9.97 Å². The van der Waals surface area contributed by atoms with E-state index >= 15 is 0 Å². The summed E-state index contributed by atoms with van der Waals surface area (Å²) in [7, 11) is 0. The van der Waals surface area contributed by atoms with Gasteiger partial charge in [-0.2, -0.15) is 0 Å². The van der Waals surface area contributed by atoms with Crippen molar-refractivity contribution in [1.29, 1.82) is 0 Å². The van der Waals surface area contributed by atoms with E-state index in [1.807, 2.05) is 12.1 Å². The molecule has 53 heavy (non-hydrogen) atoms. The van der Waals surface area contributed by atoms with Crippen LogP contribution in [0.4, 0.5) is 0 Å². The van der Waals surface area contributed by atoms with Crippen LogP contribution in [0, 0.1) is 0 Å². The van der Waals surface area contributed by atoms with Crippen LogP contribution in [0.3, 0.4) is 0 Å². The molecule has 0 saturated carbocycles. The Morgan fingerprint density at radius 3 is 1.55 bits per heavy atom. The van der Waals surface area contributed by atoms with E-state index in [1.54, 1.807) is 0 Å². The summed E-state index contributed by atoms with van der Waals surface area (Å²) in [5.41, 5.74) is 13.7. The van der Waals surface area contributed by atoms with Gasteiger partial charge in [0.05, 0.1) is 16.8 Å². The van der Waals surface area contributed by atoms with Crippen LogP contribution in [0.2, 0.25) is 0 Å². The second-order valence-corrected chi connectivity index (χ2v) is 14.6. The Bertz CT molecular complexity index is 2630. The summed E-state index contributed by atoms with van der Waals surface area (Å²) in [5, 5.41) is 0. The van der Waals surface area contributed by atoms with E-state index < -0.39 is 5.41 Å². The number of nitrogens with zero attached hydrogens (tertiary/aromatic N) is 2. The standard InChI is InChI=1S/C50H36N2O/c1-49(2)38-22-9-11-24-40(38)50(41-25-12-10-23-39(41)49)42-26-13-14-27-46(42)53-47-29-28-37(31-43(47)50)48-51-44(34-18-7-4-8-19-34)32-45(52-48)36-21-15-20-35(30-36)33-16-5-3-6-17-33/h3-32H,1-2H3. The van der Waals surface area contributed by atoms with Gasteiger partial charge in [-0.25, -0.2) is 9.97 Å². The average molecular weight is 681 g/mol. The van der Waals surface area contributed by atoms with Gasteiger partial charge >= 0.3 is 0 Å². The Hall–Kier alpha value is -6.58. The van der Waals surface area contributed by atoms with Gasteiger partial charge in [0.2, 0.25) is 0 Å². The highest BCUT2D eigenvalue weighted by molar-refractivity contribution is 5.79. The summed E-state index contributed by atoms with van der Waals surface area (Å²) in [6.45, 7) is 4.69. The average Bonchev–Trinajstić information content (AvgIpc) is 3.23. The molecular formula is C50H36N2O. The number of rotatable bonds is 4. The Kier molecular flexibility index (Phi) is 7.06. The van der Waals surface area contributed by atoms with Gasteiger partial charge < -0.3 is 4.74 Å². The van der Waals surface area contributed by atoms with Crippen LogP contribution in [0.15, 0.2) is 182 Å². The molecule has 0 fully saturated rings. The third-order valence-corrected chi connectivity index (χ3v) is 11.2. The first-order valence-electron chi connectivity index (χ1n) is 18.2. The molecule has 252 valence electrons.